The van der Waals surface area contributed by atoms with Gasteiger partial charge < -0.3 is 5.32 Å². The number of rotatable bonds is 2. The highest BCUT2D eigenvalue weighted by Crippen LogP contribution is 2.51. The molecule has 2 nitrogen and oxygen atoms in total. The van der Waals surface area contributed by atoms with Crippen molar-refractivity contribution in [2.45, 2.75) is 31.2 Å². The molecule has 2 saturated carbocycles. The van der Waals surface area contributed by atoms with E-state index in [1.165, 1.54) is 19.3 Å². The minimum absolute atomic E-state index is 0.309. The summed E-state index contributed by atoms with van der Waals surface area (Å²) in [5.41, 5.74) is 0.749. The SMILES string of the molecule is N#CC1(Nc2ccc(Br)cc2)CC2CCC1C2. The summed E-state index contributed by atoms with van der Waals surface area (Å²) in [6, 6.07) is 10.7. The minimum atomic E-state index is -0.309. The van der Waals surface area contributed by atoms with E-state index < -0.39 is 0 Å². The maximum absolute atomic E-state index is 9.53. The van der Waals surface area contributed by atoms with Crippen molar-refractivity contribution in [2.75, 3.05) is 5.32 Å². The van der Waals surface area contributed by atoms with Gasteiger partial charge in [-0.2, -0.15) is 5.26 Å². The summed E-state index contributed by atoms with van der Waals surface area (Å²) in [4.78, 5) is 0. The number of nitrogens with zero attached hydrogens (tertiary/aromatic N) is 1. The van der Waals surface area contributed by atoms with Crippen LogP contribution in [0.5, 0.6) is 0 Å². The van der Waals surface area contributed by atoms with Gasteiger partial charge in [0.15, 0.2) is 0 Å². The maximum Gasteiger partial charge on any atom is 0.128 e. The van der Waals surface area contributed by atoms with Crippen LogP contribution in [0.1, 0.15) is 25.7 Å². The molecule has 2 bridgehead atoms. The third-order valence-electron chi connectivity index (χ3n) is 4.26. The van der Waals surface area contributed by atoms with Crippen LogP contribution >= 0.6 is 15.9 Å². The van der Waals surface area contributed by atoms with Gasteiger partial charge in [0.25, 0.3) is 0 Å². The van der Waals surface area contributed by atoms with Crippen LogP contribution in [0, 0.1) is 23.2 Å². The second-order valence-electron chi connectivity index (χ2n) is 5.30. The van der Waals surface area contributed by atoms with Crippen molar-refractivity contribution in [1.29, 1.82) is 5.26 Å². The highest BCUT2D eigenvalue weighted by molar-refractivity contribution is 9.10. The molecule has 0 aromatic heterocycles. The number of anilines is 1. The third-order valence-corrected chi connectivity index (χ3v) is 4.79. The molecule has 0 saturated heterocycles. The lowest BCUT2D eigenvalue weighted by molar-refractivity contribution is 0.368. The van der Waals surface area contributed by atoms with Gasteiger partial charge in [-0.25, -0.2) is 0 Å². The molecular weight excluding hydrogens is 276 g/mol. The van der Waals surface area contributed by atoms with Gasteiger partial charge in [-0.15, -0.1) is 0 Å². The number of nitriles is 1. The van der Waals surface area contributed by atoms with Gasteiger partial charge >= 0.3 is 0 Å². The Bertz CT molecular complexity index is 462. The molecule has 88 valence electrons. The molecule has 3 unspecified atom stereocenters. The predicted octanol–water partition coefficient (Wildman–Crippen LogP) is 3.94. The molecule has 0 aliphatic heterocycles. The van der Waals surface area contributed by atoms with E-state index >= 15 is 0 Å². The Labute approximate surface area is 110 Å². The first-order valence-corrected chi connectivity index (χ1v) is 6.96. The average molecular weight is 291 g/mol. The Morgan fingerprint density at radius 1 is 1.29 bits per heavy atom. The van der Waals surface area contributed by atoms with Gasteiger partial charge in [0.2, 0.25) is 0 Å². The van der Waals surface area contributed by atoms with Crippen LogP contribution in [-0.4, -0.2) is 5.54 Å². The van der Waals surface area contributed by atoms with Crippen molar-refractivity contribution in [3.05, 3.63) is 28.7 Å². The summed E-state index contributed by atoms with van der Waals surface area (Å²) in [6.45, 7) is 0. The molecule has 0 spiro atoms. The minimum Gasteiger partial charge on any atom is -0.367 e. The van der Waals surface area contributed by atoms with Crippen molar-refractivity contribution >= 4 is 21.6 Å². The van der Waals surface area contributed by atoms with Crippen molar-refractivity contribution in [1.82, 2.24) is 0 Å². The van der Waals surface area contributed by atoms with Crippen LogP contribution in [0.15, 0.2) is 28.7 Å². The quantitative estimate of drug-likeness (QED) is 0.895. The molecule has 1 aromatic carbocycles. The van der Waals surface area contributed by atoms with E-state index in [9.17, 15) is 5.26 Å². The molecule has 2 fully saturated rings. The Kier molecular flexibility index (Phi) is 2.63. The monoisotopic (exact) mass is 290 g/mol. The molecule has 0 heterocycles. The van der Waals surface area contributed by atoms with E-state index in [0.29, 0.717) is 5.92 Å². The van der Waals surface area contributed by atoms with Crippen molar-refractivity contribution in [3.63, 3.8) is 0 Å². The number of fused-ring (bicyclic) bond motifs is 2. The Hall–Kier alpha value is -1.01. The van der Waals surface area contributed by atoms with Gasteiger partial charge in [-0.05, 0) is 61.8 Å². The number of benzene rings is 1. The van der Waals surface area contributed by atoms with Gasteiger partial charge in [-0.3, -0.25) is 0 Å². The van der Waals surface area contributed by atoms with Crippen LogP contribution < -0.4 is 5.32 Å². The van der Waals surface area contributed by atoms with E-state index in [2.05, 4.69) is 27.3 Å². The molecule has 17 heavy (non-hydrogen) atoms. The zero-order valence-corrected chi connectivity index (χ0v) is 11.2. The summed E-state index contributed by atoms with van der Waals surface area (Å²) in [6.07, 6.45) is 4.78. The lowest BCUT2D eigenvalue weighted by Gasteiger charge is -2.33. The van der Waals surface area contributed by atoms with Crippen LogP contribution in [0.2, 0.25) is 0 Å². The fraction of sp³-hybridized carbons (Fsp3) is 0.500. The second kappa shape index (κ2) is 4.03. The summed E-state index contributed by atoms with van der Waals surface area (Å²) < 4.78 is 1.07. The maximum atomic E-state index is 9.53. The first-order chi connectivity index (χ1) is 8.22. The van der Waals surface area contributed by atoms with Crippen molar-refractivity contribution in [3.8, 4) is 6.07 Å². The third kappa shape index (κ3) is 1.85. The molecule has 1 N–H and O–H groups in total. The highest BCUT2D eigenvalue weighted by Gasteiger charge is 2.51. The standard InChI is InChI=1S/C14H15BrN2/c15-12-3-5-13(6-4-12)17-14(9-16)8-10-1-2-11(14)7-10/h3-6,10-11,17H,1-2,7-8H2. The zero-order chi connectivity index (χ0) is 11.9. The van der Waals surface area contributed by atoms with E-state index in [4.69, 9.17) is 0 Å². The molecule has 3 atom stereocenters. The molecular formula is C14H15BrN2. The van der Waals surface area contributed by atoms with E-state index in [0.717, 1.165) is 22.5 Å². The highest BCUT2D eigenvalue weighted by atomic mass is 79.9. The fourth-order valence-electron chi connectivity index (χ4n) is 3.44. The van der Waals surface area contributed by atoms with Crippen LogP contribution in [0.25, 0.3) is 0 Å². The van der Waals surface area contributed by atoms with Gasteiger partial charge in [-0.1, -0.05) is 15.9 Å². The average Bonchev–Trinajstić information content (AvgIpc) is 2.93. The van der Waals surface area contributed by atoms with Crippen LogP contribution in [-0.2, 0) is 0 Å². The van der Waals surface area contributed by atoms with E-state index in [-0.39, 0.29) is 5.54 Å². The first-order valence-electron chi connectivity index (χ1n) is 6.17. The van der Waals surface area contributed by atoms with Crippen molar-refractivity contribution in [2.24, 2.45) is 11.8 Å². The van der Waals surface area contributed by atoms with E-state index in [1.807, 2.05) is 24.3 Å². The lowest BCUT2D eigenvalue weighted by atomic mass is 9.82. The summed E-state index contributed by atoms with van der Waals surface area (Å²) in [5.74, 6) is 1.31. The van der Waals surface area contributed by atoms with Gasteiger partial charge in [0.05, 0.1) is 6.07 Å². The van der Waals surface area contributed by atoms with Crippen LogP contribution in [0.3, 0.4) is 0 Å². The van der Waals surface area contributed by atoms with Gasteiger partial charge in [0, 0.05) is 10.2 Å². The molecule has 0 radical (unpaired) electrons. The molecule has 3 heteroatoms. The van der Waals surface area contributed by atoms with Gasteiger partial charge in [0.1, 0.15) is 5.54 Å². The summed E-state index contributed by atoms with van der Waals surface area (Å²) in [7, 11) is 0. The molecule has 0 amide bonds. The number of hydrogen-bond acceptors (Lipinski definition) is 2. The Morgan fingerprint density at radius 3 is 2.59 bits per heavy atom. The Morgan fingerprint density at radius 2 is 2.06 bits per heavy atom. The van der Waals surface area contributed by atoms with Crippen molar-refractivity contribution < 1.29 is 0 Å². The molecule has 2 aliphatic carbocycles. The first kappa shape index (κ1) is 11.1. The summed E-state index contributed by atoms with van der Waals surface area (Å²) in [5, 5.41) is 13.0. The number of halogens is 1. The largest absolute Gasteiger partial charge is 0.367 e. The van der Waals surface area contributed by atoms with Crippen LogP contribution in [0.4, 0.5) is 5.69 Å². The molecule has 2 aliphatic rings. The summed E-state index contributed by atoms with van der Waals surface area (Å²) >= 11 is 3.43. The second-order valence-corrected chi connectivity index (χ2v) is 6.21. The molecule has 3 rings (SSSR count). The fourth-order valence-corrected chi connectivity index (χ4v) is 3.70. The predicted molar refractivity (Wildman–Crippen MR) is 71.6 cm³/mol. The Balaban J connectivity index is 1.84. The lowest BCUT2D eigenvalue weighted by Crippen LogP contribution is -2.41. The molecule has 1 aromatic rings. The topological polar surface area (TPSA) is 35.8 Å². The normalized spacial score (nSPS) is 34.6. The number of nitrogens with one attached hydrogen (secondary N) is 1. The number of hydrogen-bond donors (Lipinski definition) is 1. The smallest absolute Gasteiger partial charge is 0.128 e. The zero-order valence-electron chi connectivity index (χ0n) is 9.62. The van der Waals surface area contributed by atoms with E-state index in [1.54, 1.807) is 0 Å².